The smallest absolute Gasteiger partial charge is 0.331 e. The number of phosphoric ester groups is 1. The number of hydrogen-bond acceptors (Lipinski definition) is 6. The topological polar surface area (TPSA) is 147 Å². The van der Waals surface area contributed by atoms with E-state index in [1.165, 1.54) is 0 Å². The molecule has 0 fully saturated rings. The van der Waals surface area contributed by atoms with Crippen molar-refractivity contribution in [1.29, 1.82) is 0 Å². The molecule has 0 radical (unpaired) electrons. The van der Waals surface area contributed by atoms with E-state index in [1.54, 1.807) is 0 Å². The van der Waals surface area contributed by atoms with E-state index in [0.717, 1.165) is 6.08 Å². The predicted molar refractivity (Wildman–Crippen MR) is 47.0 cm³/mol. The van der Waals surface area contributed by atoms with Crippen molar-refractivity contribution in [1.82, 2.24) is 0 Å². The molecule has 1 aliphatic carbocycles. The quantitative estimate of drug-likeness (QED) is 0.421. The summed E-state index contributed by atoms with van der Waals surface area (Å²) in [5, 5.41) is 27.2. The third-order valence-electron chi connectivity index (χ3n) is 2.05. The van der Waals surface area contributed by atoms with Crippen molar-refractivity contribution in [2.24, 2.45) is 0 Å². The molecule has 0 aromatic carbocycles. The Labute approximate surface area is 90.0 Å². The fraction of sp³-hybridized carbons (Fsp3) is 0.571. The summed E-state index contributed by atoms with van der Waals surface area (Å²) in [6, 6.07) is 0. The largest absolute Gasteiger partial charge is 0.756 e. The van der Waals surface area contributed by atoms with Gasteiger partial charge in [0, 0.05) is 12.0 Å². The summed E-state index contributed by atoms with van der Waals surface area (Å²) in [5.74, 6) is -1.36. The maximum absolute atomic E-state index is 10.6. The van der Waals surface area contributed by atoms with Gasteiger partial charge in [-0.2, -0.15) is 0 Å². The summed E-state index contributed by atoms with van der Waals surface area (Å²) >= 11 is 0. The Balaban J connectivity index is 2.92. The molecule has 0 saturated carbocycles. The predicted octanol–water partition coefficient (Wildman–Crippen LogP) is -2.03. The number of rotatable bonds is 3. The second-order valence-corrected chi connectivity index (χ2v) is 4.45. The second kappa shape index (κ2) is 4.62. The van der Waals surface area contributed by atoms with E-state index in [-0.39, 0.29) is 12.0 Å². The van der Waals surface area contributed by atoms with E-state index in [4.69, 9.17) is 10.00 Å². The normalized spacial score (nSPS) is 34.0. The Kier molecular flexibility index (Phi) is 3.84. The molecular formula is C7H10O8P-. The lowest BCUT2D eigenvalue weighted by Crippen LogP contribution is -2.42. The van der Waals surface area contributed by atoms with Crippen molar-refractivity contribution in [2.45, 2.75) is 24.7 Å². The van der Waals surface area contributed by atoms with E-state index >= 15 is 0 Å². The summed E-state index contributed by atoms with van der Waals surface area (Å²) < 4.78 is 14.5. The van der Waals surface area contributed by atoms with Crippen LogP contribution in [0.25, 0.3) is 0 Å². The molecule has 1 rings (SSSR count). The Hall–Kier alpha value is -0.760. The monoisotopic (exact) mass is 253 g/mol. The minimum absolute atomic E-state index is 0.295. The Morgan fingerprint density at radius 3 is 2.56 bits per heavy atom. The zero-order valence-electron chi connectivity index (χ0n) is 7.89. The molecule has 0 spiro atoms. The van der Waals surface area contributed by atoms with Gasteiger partial charge in [-0.05, 0) is 6.08 Å². The van der Waals surface area contributed by atoms with Crippen LogP contribution in [0.15, 0.2) is 11.6 Å². The second-order valence-electron chi connectivity index (χ2n) is 3.30. The van der Waals surface area contributed by atoms with Crippen LogP contribution >= 0.6 is 7.82 Å². The zero-order valence-corrected chi connectivity index (χ0v) is 8.78. The lowest BCUT2D eigenvalue weighted by atomic mass is 9.92. The van der Waals surface area contributed by atoms with Crippen molar-refractivity contribution in [3.63, 3.8) is 0 Å². The van der Waals surface area contributed by atoms with Crippen molar-refractivity contribution in [2.75, 3.05) is 0 Å². The summed E-state index contributed by atoms with van der Waals surface area (Å²) in [6.45, 7) is 0. The van der Waals surface area contributed by atoms with Crippen molar-refractivity contribution in [3.8, 4) is 0 Å². The first-order valence-corrected chi connectivity index (χ1v) is 5.72. The summed E-state index contributed by atoms with van der Waals surface area (Å²) in [7, 11) is -5.11. The van der Waals surface area contributed by atoms with E-state index < -0.39 is 32.1 Å². The van der Waals surface area contributed by atoms with Gasteiger partial charge in [0.2, 0.25) is 0 Å². The van der Waals surface area contributed by atoms with Gasteiger partial charge in [0.15, 0.2) is 0 Å². The van der Waals surface area contributed by atoms with Crippen LogP contribution in [0.3, 0.4) is 0 Å². The van der Waals surface area contributed by atoms with Gasteiger partial charge in [-0.3, -0.25) is 4.57 Å². The van der Waals surface area contributed by atoms with Crippen LogP contribution in [0.4, 0.5) is 0 Å². The number of aliphatic hydroxyl groups is 2. The van der Waals surface area contributed by atoms with E-state index in [1.807, 2.05) is 0 Å². The molecule has 1 unspecified atom stereocenters. The highest BCUT2D eigenvalue weighted by Crippen LogP contribution is 2.36. The molecule has 4 N–H and O–H groups in total. The molecule has 16 heavy (non-hydrogen) atoms. The average Bonchev–Trinajstić information content (AvgIpc) is 2.10. The van der Waals surface area contributed by atoms with Gasteiger partial charge in [0.25, 0.3) is 7.82 Å². The van der Waals surface area contributed by atoms with E-state index in [9.17, 15) is 24.5 Å². The summed E-state index contributed by atoms with van der Waals surface area (Å²) in [5.41, 5.74) is -0.295. The first kappa shape index (κ1) is 13.3. The van der Waals surface area contributed by atoms with Gasteiger partial charge in [-0.15, -0.1) is 0 Å². The van der Waals surface area contributed by atoms with Gasteiger partial charge in [-0.25, -0.2) is 4.79 Å². The number of phosphoric acid groups is 1. The van der Waals surface area contributed by atoms with Crippen LogP contribution < -0.4 is 4.89 Å². The molecule has 0 bridgehead atoms. The molecule has 0 aliphatic heterocycles. The Bertz CT molecular complexity index is 357. The lowest BCUT2D eigenvalue weighted by molar-refractivity contribution is -0.227. The zero-order chi connectivity index (χ0) is 12.5. The molecule has 9 heteroatoms. The molecule has 0 amide bonds. The minimum atomic E-state index is -5.11. The molecule has 4 atom stereocenters. The summed E-state index contributed by atoms with van der Waals surface area (Å²) in [4.78, 5) is 29.4. The van der Waals surface area contributed by atoms with Crippen LogP contribution in [0, 0.1) is 0 Å². The molecule has 0 heterocycles. The highest BCUT2D eigenvalue weighted by molar-refractivity contribution is 7.44. The van der Waals surface area contributed by atoms with Crippen molar-refractivity contribution in [3.05, 3.63) is 11.6 Å². The molecule has 0 aromatic heterocycles. The maximum Gasteiger partial charge on any atom is 0.331 e. The Morgan fingerprint density at radius 1 is 1.56 bits per heavy atom. The van der Waals surface area contributed by atoms with Crippen LogP contribution in [0.5, 0.6) is 0 Å². The van der Waals surface area contributed by atoms with Gasteiger partial charge in [0.05, 0.1) is 6.10 Å². The fourth-order valence-electron chi connectivity index (χ4n) is 1.34. The number of aliphatic hydroxyl groups excluding tert-OH is 2. The van der Waals surface area contributed by atoms with Crippen molar-refractivity contribution >= 4 is 13.8 Å². The fourth-order valence-corrected chi connectivity index (χ4v) is 1.83. The van der Waals surface area contributed by atoms with Crippen LogP contribution in [0.2, 0.25) is 0 Å². The number of hydrogen-bond donors (Lipinski definition) is 4. The lowest BCUT2D eigenvalue weighted by Gasteiger charge is -2.32. The molecule has 92 valence electrons. The molecule has 0 aromatic rings. The third kappa shape index (κ3) is 3.38. The molecule has 0 saturated heterocycles. The third-order valence-corrected chi connectivity index (χ3v) is 2.56. The van der Waals surface area contributed by atoms with Crippen LogP contribution in [-0.4, -0.2) is 44.5 Å². The van der Waals surface area contributed by atoms with Gasteiger partial charge in [-0.1, -0.05) is 0 Å². The van der Waals surface area contributed by atoms with Crippen LogP contribution in [0.1, 0.15) is 6.42 Å². The first-order valence-electron chi connectivity index (χ1n) is 4.23. The molecule has 1 aliphatic rings. The van der Waals surface area contributed by atoms with Gasteiger partial charge >= 0.3 is 5.97 Å². The Morgan fingerprint density at radius 2 is 2.12 bits per heavy atom. The average molecular weight is 253 g/mol. The van der Waals surface area contributed by atoms with E-state index in [0.29, 0.717) is 0 Å². The molecule has 8 nitrogen and oxygen atoms in total. The standard InChI is InChI=1S/C7H11O8P/c8-4-1-3(7(10)11)2-5(6(4)9)15-16(12,13)14/h2,4-6,8-9H,1H2,(H,10,11)(H2,12,13,14)/p-1/t4-,5-,6+/m1/s1. The minimum Gasteiger partial charge on any atom is -0.756 e. The van der Waals surface area contributed by atoms with Crippen LogP contribution in [-0.2, 0) is 13.9 Å². The number of aliphatic carboxylic acids is 1. The van der Waals surface area contributed by atoms with Crippen molar-refractivity contribution < 1.29 is 39.0 Å². The van der Waals surface area contributed by atoms with Gasteiger partial charge < -0.3 is 29.6 Å². The first-order chi connectivity index (χ1) is 7.20. The SMILES string of the molecule is O=C(O)C1=C[C@@H](OP(=O)([O-])O)[C@@H](O)[C@H](O)C1. The maximum atomic E-state index is 10.6. The number of carbonyl (C=O) groups is 1. The number of carboxylic acid groups (broad SMARTS) is 1. The van der Waals surface area contributed by atoms with Gasteiger partial charge in [0.1, 0.15) is 12.2 Å². The van der Waals surface area contributed by atoms with E-state index in [2.05, 4.69) is 4.52 Å². The summed E-state index contributed by atoms with van der Waals surface area (Å²) in [6.07, 6.45) is -4.18. The highest BCUT2D eigenvalue weighted by atomic mass is 31.2. The highest BCUT2D eigenvalue weighted by Gasteiger charge is 2.34. The molecular weight excluding hydrogens is 243 g/mol. The number of carboxylic acids is 1.